The van der Waals surface area contributed by atoms with Crippen LogP contribution < -0.4 is 19.5 Å². The molecule has 0 saturated carbocycles. The van der Waals surface area contributed by atoms with Crippen LogP contribution >= 0.6 is 0 Å². The number of rotatable bonds is 7. The Morgan fingerprint density at radius 3 is 2.20 bits per heavy atom. The van der Waals surface area contributed by atoms with Gasteiger partial charge >= 0.3 is 0 Å². The number of carbonyl (C=O) groups is 1. The first-order chi connectivity index (χ1) is 11.9. The molecule has 134 valence electrons. The number of nitrogens with one attached hydrogen (secondary N) is 1. The zero-order valence-corrected chi connectivity index (χ0v) is 15.3. The van der Waals surface area contributed by atoms with Gasteiger partial charge in [-0.2, -0.15) is 0 Å². The van der Waals surface area contributed by atoms with Crippen LogP contribution in [0.1, 0.15) is 31.0 Å². The van der Waals surface area contributed by atoms with Gasteiger partial charge in [0.15, 0.2) is 17.6 Å². The summed E-state index contributed by atoms with van der Waals surface area (Å²) >= 11 is 0. The molecule has 0 fully saturated rings. The fraction of sp³-hybridized carbons (Fsp3) is 0.350. The standard InChI is InChI=1S/C20H25NO4/c1-13-6-9-17(10-7-13)25-15(3)20(22)21-14(2)16-8-11-18(23-4)19(12-16)24-5/h6-12,14-15H,1-5H3,(H,21,22). The minimum absolute atomic E-state index is 0.178. The summed E-state index contributed by atoms with van der Waals surface area (Å²) in [5.41, 5.74) is 2.07. The molecule has 25 heavy (non-hydrogen) atoms. The number of carbonyl (C=O) groups excluding carboxylic acids is 1. The van der Waals surface area contributed by atoms with Gasteiger partial charge in [0, 0.05) is 0 Å². The second-order valence-corrected chi connectivity index (χ2v) is 5.92. The molecular formula is C20H25NO4. The highest BCUT2D eigenvalue weighted by atomic mass is 16.5. The highest BCUT2D eigenvalue weighted by Crippen LogP contribution is 2.29. The summed E-state index contributed by atoms with van der Waals surface area (Å²) in [6.45, 7) is 5.65. The zero-order valence-electron chi connectivity index (χ0n) is 15.3. The van der Waals surface area contributed by atoms with E-state index in [2.05, 4.69) is 5.32 Å². The van der Waals surface area contributed by atoms with Gasteiger partial charge in [0.1, 0.15) is 5.75 Å². The van der Waals surface area contributed by atoms with Crippen LogP contribution in [-0.4, -0.2) is 26.2 Å². The molecule has 2 atom stereocenters. The maximum absolute atomic E-state index is 12.4. The summed E-state index contributed by atoms with van der Waals surface area (Å²) in [4.78, 5) is 12.4. The SMILES string of the molecule is COc1ccc(C(C)NC(=O)C(C)Oc2ccc(C)cc2)cc1OC. The Bertz CT molecular complexity index is 712. The highest BCUT2D eigenvalue weighted by molar-refractivity contribution is 5.81. The van der Waals surface area contributed by atoms with Crippen molar-refractivity contribution >= 4 is 5.91 Å². The average molecular weight is 343 g/mol. The minimum atomic E-state index is -0.592. The molecule has 2 aromatic carbocycles. The molecule has 0 bridgehead atoms. The van der Waals surface area contributed by atoms with E-state index < -0.39 is 6.10 Å². The van der Waals surface area contributed by atoms with E-state index in [9.17, 15) is 4.79 Å². The summed E-state index contributed by atoms with van der Waals surface area (Å²) in [6.07, 6.45) is -0.592. The van der Waals surface area contributed by atoms with E-state index in [0.717, 1.165) is 11.1 Å². The number of benzene rings is 2. The van der Waals surface area contributed by atoms with Crippen LogP contribution in [0.5, 0.6) is 17.2 Å². The molecule has 0 aliphatic heterocycles. The predicted octanol–water partition coefficient (Wildman–Crippen LogP) is 3.66. The molecule has 0 spiro atoms. The van der Waals surface area contributed by atoms with Crippen molar-refractivity contribution in [2.75, 3.05) is 14.2 Å². The average Bonchev–Trinajstić information content (AvgIpc) is 2.62. The molecule has 2 unspecified atom stereocenters. The summed E-state index contributed by atoms with van der Waals surface area (Å²) < 4.78 is 16.2. The second kappa shape index (κ2) is 8.42. The monoisotopic (exact) mass is 343 g/mol. The van der Waals surface area contributed by atoms with Crippen LogP contribution in [0.25, 0.3) is 0 Å². The molecule has 2 aromatic rings. The molecular weight excluding hydrogens is 318 g/mol. The summed E-state index contributed by atoms with van der Waals surface area (Å²) in [6, 6.07) is 13.0. The van der Waals surface area contributed by atoms with E-state index in [1.54, 1.807) is 21.1 Å². The Balaban J connectivity index is 2.00. The van der Waals surface area contributed by atoms with Crippen LogP contribution in [-0.2, 0) is 4.79 Å². The Kier molecular flexibility index (Phi) is 6.28. The fourth-order valence-corrected chi connectivity index (χ4v) is 2.41. The Labute approximate surface area is 148 Å². The Hall–Kier alpha value is -2.69. The van der Waals surface area contributed by atoms with Gasteiger partial charge < -0.3 is 19.5 Å². The van der Waals surface area contributed by atoms with E-state index in [1.165, 1.54) is 0 Å². The van der Waals surface area contributed by atoms with Gasteiger partial charge in [-0.1, -0.05) is 23.8 Å². The molecule has 0 aromatic heterocycles. The van der Waals surface area contributed by atoms with E-state index in [0.29, 0.717) is 17.2 Å². The number of ether oxygens (including phenoxy) is 3. The summed E-state index contributed by atoms with van der Waals surface area (Å²) in [5, 5.41) is 2.96. The van der Waals surface area contributed by atoms with Crippen LogP contribution in [0, 0.1) is 6.92 Å². The Morgan fingerprint density at radius 1 is 0.960 bits per heavy atom. The fourth-order valence-electron chi connectivity index (χ4n) is 2.41. The first-order valence-corrected chi connectivity index (χ1v) is 8.20. The molecule has 0 aliphatic rings. The lowest BCUT2D eigenvalue weighted by Gasteiger charge is -2.20. The maximum atomic E-state index is 12.4. The smallest absolute Gasteiger partial charge is 0.261 e. The van der Waals surface area contributed by atoms with Gasteiger partial charge in [0.25, 0.3) is 5.91 Å². The van der Waals surface area contributed by atoms with Crippen molar-refractivity contribution in [3.8, 4) is 17.2 Å². The molecule has 0 radical (unpaired) electrons. The van der Waals surface area contributed by atoms with Gasteiger partial charge in [-0.3, -0.25) is 4.79 Å². The van der Waals surface area contributed by atoms with Gasteiger partial charge in [-0.15, -0.1) is 0 Å². The number of methoxy groups -OCH3 is 2. The number of hydrogen-bond donors (Lipinski definition) is 1. The van der Waals surface area contributed by atoms with Gasteiger partial charge in [-0.05, 0) is 50.6 Å². The molecule has 0 heterocycles. The third-order valence-corrected chi connectivity index (χ3v) is 3.97. The molecule has 0 saturated heterocycles. The van der Waals surface area contributed by atoms with Crippen molar-refractivity contribution < 1.29 is 19.0 Å². The topological polar surface area (TPSA) is 56.8 Å². The molecule has 5 nitrogen and oxygen atoms in total. The van der Waals surface area contributed by atoms with Gasteiger partial charge in [-0.25, -0.2) is 0 Å². The molecule has 1 N–H and O–H groups in total. The van der Waals surface area contributed by atoms with Crippen LogP contribution in [0.15, 0.2) is 42.5 Å². The van der Waals surface area contributed by atoms with Crippen molar-refractivity contribution in [1.29, 1.82) is 0 Å². The quantitative estimate of drug-likeness (QED) is 0.834. The molecule has 2 rings (SSSR count). The molecule has 1 amide bonds. The lowest BCUT2D eigenvalue weighted by Crippen LogP contribution is -2.37. The van der Waals surface area contributed by atoms with E-state index >= 15 is 0 Å². The lowest BCUT2D eigenvalue weighted by molar-refractivity contribution is -0.127. The van der Waals surface area contributed by atoms with Crippen molar-refractivity contribution in [3.63, 3.8) is 0 Å². The zero-order chi connectivity index (χ0) is 18.4. The third-order valence-electron chi connectivity index (χ3n) is 3.97. The second-order valence-electron chi connectivity index (χ2n) is 5.92. The van der Waals surface area contributed by atoms with E-state index in [4.69, 9.17) is 14.2 Å². The third kappa shape index (κ3) is 4.89. The van der Waals surface area contributed by atoms with Crippen molar-refractivity contribution in [3.05, 3.63) is 53.6 Å². The number of amides is 1. The minimum Gasteiger partial charge on any atom is -0.493 e. The van der Waals surface area contributed by atoms with Crippen molar-refractivity contribution in [2.45, 2.75) is 32.9 Å². The van der Waals surface area contributed by atoms with Crippen LogP contribution in [0.2, 0.25) is 0 Å². The Morgan fingerprint density at radius 2 is 1.60 bits per heavy atom. The predicted molar refractivity (Wildman–Crippen MR) is 97.4 cm³/mol. The van der Waals surface area contributed by atoms with Crippen LogP contribution in [0.3, 0.4) is 0 Å². The lowest BCUT2D eigenvalue weighted by atomic mass is 10.1. The number of hydrogen-bond acceptors (Lipinski definition) is 4. The first-order valence-electron chi connectivity index (χ1n) is 8.20. The maximum Gasteiger partial charge on any atom is 0.261 e. The molecule has 5 heteroatoms. The largest absolute Gasteiger partial charge is 0.493 e. The van der Waals surface area contributed by atoms with Crippen LogP contribution in [0.4, 0.5) is 0 Å². The molecule has 0 aliphatic carbocycles. The van der Waals surface area contributed by atoms with Gasteiger partial charge in [0.2, 0.25) is 0 Å². The summed E-state index contributed by atoms with van der Waals surface area (Å²) in [5.74, 6) is 1.78. The van der Waals surface area contributed by atoms with E-state index in [1.807, 2.05) is 56.3 Å². The van der Waals surface area contributed by atoms with E-state index in [-0.39, 0.29) is 11.9 Å². The first kappa shape index (κ1) is 18.6. The normalized spacial score (nSPS) is 12.8. The van der Waals surface area contributed by atoms with Crippen molar-refractivity contribution in [1.82, 2.24) is 5.32 Å². The summed E-state index contributed by atoms with van der Waals surface area (Å²) in [7, 11) is 3.18. The van der Waals surface area contributed by atoms with Crippen molar-refractivity contribution in [2.24, 2.45) is 0 Å². The highest BCUT2D eigenvalue weighted by Gasteiger charge is 2.18. The van der Waals surface area contributed by atoms with Gasteiger partial charge in [0.05, 0.1) is 20.3 Å². The number of aryl methyl sites for hydroxylation is 1.